The molecule has 124 valence electrons. The van der Waals surface area contributed by atoms with Crippen LogP contribution in [0.15, 0.2) is 53.6 Å². The molecule has 8 heteroatoms. The third kappa shape index (κ3) is 3.16. The lowest BCUT2D eigenvalue weighted by Gasteiger charge is -2.19. The molecule has 8 nitrogen and oxygen atoms in total. The number of carbonyl (C=O) groups excluding carboxylic acids is 1. The number of nitriles is 1. The quantitative estimate of drug-likeness (QED) is 0.632. The van der Waals surface area contributed by atoms with E-state index in [2.05, 4.69) is 5.10 Å². The van der Waals surface area contributed by atoms with Gasteiger partial charge in [0, 0.05) is 30.2 Å². The lowest BCUT2D eigenvalue weighted by Crippen LogP contribution is -2.25. The van der Waals surface area contributed by atoms with Gasteiger partial charge in [-0.25, -0.2) is 0 Å². The minimum absolute atomic E-state index is 0.0972. The molecule has 0 saturated heterocycles. The van der Waals surface area contributed by atoms with Gasteiger partial charge in [-0.15, -0.1) is 5.10 Å². The number of nitro benzene ring substituents is 1. The first-order valence-corrected chi connectivity index (χ1v) is 7.29. The number of benzene rings is 2. The molecule has 2 aromatic carbocycles. The molecule has 1 amide bonds. The topological polar surface area (TPSA) is 109 Å². The zero-order chi connectivity index (χ0) is 18.0. The highest BCUT2D eigenvalue weighted by atomic mass is 16.6. The Labute approximate surface area is 142 Å². The lowest BCUT2D eigenvalue weighted by atomic mass is 10.1. The number of nitro groups is 1. The van der Waals surface area contributed by atoms with Crippen molar-refractivity contribution in [1.29, 1.82) is 5.26 Å². The Morgan fingerprint density at radius 1 is 1.32 bits per heavy atom. The molecule has 1 atom stereocenters. The maximum Gasteiger partial charge on any atom is 0.270 e. The molecule has 0 aromatic heterocycles. The van der Waals surface area contributed by atoms with E-state index in [9.17, 15) is 14.9 Å². The second-order valence-corrected chi connectivity index (χ2v) is 5.28. The molecule has 3 rings (SSSR count). The van der Waals surface area contributed by atoms with Crippen molar-refractivity contribution in [2.45, 2.75) is 13.2 Å². The summed E-state index contributed by atoms with van der Waals surface area (Å²) in [5, 5.41) is 25.1. The van der Waals surface area contributed by atoms with Crippen LogP contribution in [0.4, 0.5) is 5.69 Å². The highest BCUT2D eigenvalue weighted by molar-refractivity contribution is 5.96. The van der Waals surface area contributed by atoms with Gasteiger partial charge < -0.3 is 4.74 Å². The maximum absolute atomic E-state index is 11.9. The molecule has 25 heavy (non-hydrogen) atoms. The van der Waals surface area contributed by atoms with Gasteiger partial charge in [-0.05, 0) is 18.2 Å². The molecule has 0 saturated carbocycles. The molecule has 0 radical (unpaired) electrons. The Kier molecular flexibility index (Phi) is 4.14. The van der Waals surface area contributed by atoms with Gasteiger partial charge in [0.15, 0.2) is 0 Å². The van der Waals surface area contributed by atoms with Crippen molar-refractivity contribution in [3.8, 4) is 6.07 Å². The third-order valence-corrected chi connectivity index (χ3v) is 3.60. The SMILES string of the molecule is CC(=O)N1N=C(c2cccc([N+](=O)[O-])c2)OC1c1ccc(C#N)cc1. The van der Waals surface area contributed by atoms with Crippen LogP contribution in [0.5, 0.6) is 0 Å². The smallest absolute Gasteiger partial charge is 0.270 e. The van der Waals surface area contributed by atoms with Gasteiger partial charge in [0.05, 0.1) is 16.6 Å². The van der Waals surface area contributed by atoms with E-state index in [1.54, 1.807) is 30.3 Å². The predicted octanol–water partition coefficient (Wildman–Crippen LogP) is 2.71. The summed E-state index contributed by atoms with van der Waals surface area (Å²) >= 11 is 0. The first kappa shape index (κ1) is 16.1. The fourth-order valence-electron chi connectivity index (χ4n) is 2.37. The summed E-state index contributed by atoms with van der Waals surface area (Å²) in [5.41, 5.74) is 1.42. The number of nitrogens with zero attached hydrogens (tertiary/aromatic N) is 4. The van der Waals surface area contributed by atoms with Gasteiger partial charge in [0.1, 0.15) is 0 Å². The molecule has 0 spiro atoms. The summed E-state index contributed by atoms with van der Waals surface area (Å²) in [5.74, 6) is -0.219. The zero-order valence-corrected chi connectivity index (χ0v) is 13.1. The van der Waals surface area contributed by atoms with Crippen molar-refractivity contribution in [2.75, 3.05) is 0 Å². The van der Waals surface area contributed by atoms with Gasteiger partial charge in [0.25, 0.3) is 5.69 Å². The first-order valence-electron chi connectivity index (χ1n) is 7.29. The molecule has 0 aliphatic carbocycles. The van der Waals surface area contributed by atoms with Crippen molar-refractivity contribution in [3.05, 3.63) is 75.3 Å². The molecule has 0 bridgehead atoms. The maximum atomic E-state index is 11.9. The Morgan fingerprint density at radius 3 is 2.64 bits per heavy atom. The van der Waals surface area contributed by atoms with Crippen LogP contribution in [0.1, 0.15) is 29.8 Å². The number of amides is 1. The molecular weight excluding hydrogens is 324 g/mol. The average Bonchev–Trinajstić information content (AvgIpc) is 3.07. The summed E-state index contributed by atoms with van der Waals surface area (Å²) in [4.78, 5) is 22.3. The summed E-state index contributed by atoms with van der Waals surface area (Å²) in [6.45, 7) is 1.35. The number of hydrogen-bond donors (Lipinski definition) is 0. The van der Waals surface area contributed by atoms with Crippen LogP contribution in [0.2, 0.25) is 0 Å². The molecule has 1 unspecified atom stereocenters. The summed E-state index contributed by atoms with van der Waals surface area (Å²) < 4.78 is 5.77. The number of hydrogen-bond acceptors (Lipinski definition) is 6. The number of hydrazone groups is 1. The Morgan fingerprint density at radius 2 is 2.04 bits per heavy atom. The second-order valence-electron chi connectivity index (χ2n) is 5.28. The fourth-order valence-corrected chi connectivity index (χ4v) is 2.37. The van der Waals surface area contributed by atoms with E-state index in [0.29, 0.717) is 16.7 Å². The van der Waals surface area contributed by atoms with Crippen molar-refractivity contribution in [1.82, 2.24) is 5.01 Å². The van der Waals surface area contributed by atoms with Crippen LogP contribution in [-0.4, -0.2) is 21.7 Å². The van der Waals surface area contributed by atoms with Crippen molar-refractivity contribution < 1.29 is 14.5 Å². The van der Waals surface area contributed by atoms with E-state index < -0.39 is 11.2 Å². The van der Waals surface area contributed by atoms with E-state index in [4.69, 9.17) is 10.00 Å². The van der Waals surface area contributed by atoms with E-state index in [0.717, 1.165) is 5.01 Å². The molecule has 0 fully saturated rings. The molecule has 0 N–H and O–H groups in total. The average molecular weight is 336 g/mol. The third-order valence-electron chi connectivity index (χ3n) is 3.60. The molecule has 1 aliphatic rings. The second kappa shape index (κ2) is 6.41. The summed E-state index contributed by atoms with van der Waals surface area (Å²) in [6.07, 6.45) is -0.792. The lowest BCUT2D eigenvalue weighted by molar-refractivity contribution is -0.384. The summed E-state index contributed by atoms with van der Waals surface area (Å²) in [7, 11) is 0. The van der Waals surface area contributed by atoms with E-state index >= 15 is 0 Å². The van der Waals surface area contributed by atoms with Crippen LogP contribution in [0.25, 0.3) is 0 Å². The first-order chi connectivity index (χ1) is 12.0. The molecule has 1 aliphatic heterocycles. The Bertz CT molecular complexity index is 915. The molecule has 1 heterocycles. The largest absolute Gasteiger partial charge is 0.446 e. The number of rotatable bonds is 3. The van der Waals surface area contributed by atoms with Gasteiger partial charge >= 0.3 is 0 Å². The van der Waals surface area contributed by atoms with E-state index in [1.165, 1.54) is 25.1 Å². The molecular formula is C17H12N4O4. The van der Waals surface area contributed by atoms with Crippen molar-refractivity contribution in [2.24, 2.45) is 5.10 Å². The number of non-ortho nitro benzene ring substituents is 1. The number of ether oxygens (including phenoxy) is 1. The Hall–Kier alpha value is -3.73. The van der Waals surface area contributed by atoms with Crippen LogP contribution < -0.4 is 0 Å². The van der Waals surface area contributed by atoms with Gasteiger partial charge in [0.2, 0.25) is 18.0 Å². The normalized spacial score (nSPS) is 15.9. The Balaban J connectivity index is 1.94. The highest BCUT2D eigenvalue weighted by Crippen LogP contribution is 2.31. The fraction of sp³-hybridized carbons (Fsp3) is 0.118. The van der Waals surface area contributed by atoms with E-state index in [-0.39, 0.29) is 17.5 Å². The summed E-state index contributed by atoms with van der Waals surface area (Å²) in [6, 6.07) is 14.4. The van der Waals surface area contributed by atoms with Crippen LogP contribution in [-0.2, 0) is 9.53 Å². The van der Waals surface area contributed by atoms with Crippen LogP contribution in [0.3, 0.4) is 0 Å². The number of carbonyl (C=O) groups is 1. The van der Waals surface area contributed by atoms with Gasteiger partial charge in [-0.2, -0.15) is 10.3 Å². The van der Waals surface area contributed by atoms with Crippen molar-refractivity contribution >= 4 is 17.5 Å². The minimum atomic E-state index is -0.792. The van der Waals surface area contributed by atoms with Gasteiger partial charge in [-0.3, -0.25) is 14.9 Å². The van der Waals surface area contributed by atoms with Gasteiger partial charge in [-0.1, -0.05) is 18.2 Å². The minimum Gasteiger partial charge on any atom is -0.446 e. The van der Waals surface area contributed by atoms with Crippen LogP contribution in [0, 0.1) is 21.4 Å². The monoisotopic (exact) mass is 336 g/mol. The predicted molar refractivity (Wildman–Crippen MR) is 87.1 cm³/mol. The zero-order valence-electron chi connectivity index (χ0n) is 13.1. The van der Waals surface area contributed by atoms with E-state index in [1.807, 2.05) is 6.07 Å². The highest BCUT2D eigenvalue weighted by Gasteiger charge is 2.33. The molecule has 2 aromatic rings. The standard InChI is InChI=1S/C17H12N4O4/c1-11(22)20-17(13-7-5-12(10-18)6-8-13)25-16(19-20)14-3-2-4-15(9-14)21(23)24/h2-9,17H,1H3. The van der Waals surface area contributed by atoms with Crippen LogP contribution >= 0.6 is 0 Å². The van der Waals surface area contributed by atoms with Crippen molar-refractivity contribution in [3.63, 3.8) is 0 Å².